The molecule has 0 atom stereocenters. The van der Waals surface area contributed by atoms with Crippen molar-refractivity contribution in [2.45, 2.75) is 30.2 Å². The fourth-order valence-electron chi connectivity index (χ4n) is 3.04. The standard InChI is InChI=1S/C21H27N3O5S/c1-24(2)30(26,27)20-9-14(8-16(12-20)22-15-6-5-7-15)21(25)23-17-10-18(28-3)13-19(11-17)29-4/h8-13,15,22H,5-7H2,1-4H3,(H,23,25). The average Bonchev–Trinajstić information content (AvgIpc) is 2.69. The van der Waals surface area contributed by atoms with E-state index in [9.17, 15) is 13.2 Å². The van der Waals surface area contributed by atoms with E-state index in [-0.39, 0.29) is 10.5 Å². The van der Waals surface area contributed by atoms with Gasteiger partial charge in [0.1, 0.15) is 11.5 Å². The van der Waals surface area contributed by atoms with Crippen molar-refractivity contribution in [3.8, 4) is 11.5 Å². The predicted octanol–water partition coefficient (Wildman–Crippen LogP) is 3.17. The molecular weight excluding hydrogens is 406 g/mol. The summed E-state index contributed by atoms with van der Waals surface area (Å²) in [4.78, 5) is 13.0. The second kappa shape index (κ2) is 8.93. The van der Waals surface area contributed by atoms with Gasteiger partial charge in [-0.1, -0.05) is 0 Å². The molecule has 2 N–H and O–H groups in total. The molecule has 0 heterocycles. The van der Waals surface area contributed by atoms with Gasteiger partial charge in [-0.3, -0.25) is 4.79 Å². The number of carbonyl (C=O) groups is 1. The number of benzene rings is 2. The lowest BCUT2D eigenvalue weighted by atomic mass is 9.93. The third kappa shape index (κ3) is 4.85. The van der Waals surface area contributed by atoms with Crippen LogP contribution in [0.5, 0.6) is 11.5 Å². The summed E-state index contributed by atoms with van der Waals surface area (Å²) in [7, 11) is 2.27. The van der Waals surface area contributed by atoms with E-state index in [1.807, 2.05) is 0 Å². The number of anilines is 2. The van der Waals surface area contributed by atoms with Gasteiger partial charge in [-0.2, -0.15) is 0 Å². The zero-order valence-electron chi connectivity index (χ0n) is 17.6. The number of hydrogen-bond acceptors (Lipinski definition) is 6. The molecular formula is C21H27N3O5S. The van der Waals surface area contributed by atoms with Crippen LogP contribution in [-0.4, -0.2) is 53.0 Å². The van der Waals surface area contributed by atoms with Crippen molar-refractivity contribution in [1.82, 2.24) is 4.31 Å². The molecule has 8 nitrogen and oxygen atoms in total. The molecule has 1 aliphatic rings. The van der Waals surface area contributed by atoms with Crippen molar-refractivity contribution in [2.24, 2.45) is 0 Å². The first-order chi connectivity index (χ1) is 14.2. The minimum atomic E-state index is -3.70. The molecule has 1 amide bonds. The van der Waals surface area contributed by atoms with E-state index in [0.29, 0.717) is 28.9 Å². The molecule has 9 heteroatoms. The summed E-state index contributed by atoms with van der Waals surface area (Å²) < 4.78 is 37.0. The lowest BCUT2D eigenvalue weighted by molar-refractivity contribution is 0.102. The Morgan fingerprint density at radius 1 is 0.967 bits per heavy atom. The maximum atomic E-state index is 13.0. The highest BCUT2D eigenvalue weighted by atomic mass is 32.2. The fraction of sp³-hybridized carbons (Fsp3) is 0.381. The molecule has 2 aromatic rings. The molecule has 1 saturated carbocycles. The van der Waals surface area contributed by atoms with Crippen molar-refractivity contribution < 1.29 is 22.7 Å². The molecule has 2 aromatic carbocycles. The minimum Gasteiger partial charge on any atom is -0.497 e. The summed E-state index contributed by atoms with van der Waals surface area (Å²) in [6.07, 6.45) is 3.18. The number of nitrogens with one attached hydrogen (secondary N) is 2. The predicted molar refractivity (Wildman–Crippen MR) is 116 cm³/mol. The van der Waals surface area contributed by atoms with Gasteiger partial charge in [0.15, 0.2) is 0 Å². The van der Waals surface area contributed by atoms with Crippen LogP contribution in [0.15, 0.2) is 41.3 Å². The number of nitrogens with zero attached hydrogens (tertiary/aromatic N) is 1. The second-order valence-corrected chi connectivity index (χ2v) is 9.51. The lowest BCUT2D eigenvalue weighted by Gasteiger charge is -2.28. The monoisotopic (exact) mass is 433 g/mol. The van der Waals surface area contributed by atoms with Crippen LogP contribution in [0, 0.1) is 0 Å². The van der Waals surface area contributed by atoms with Gasteiger partial charge in [0, 0.05) is 55.3 Å². The van der Waals surface area contributed by atoms with Crippen LogP contribution < -0.4 is 20.1 Å². The first kappa shape index (κ1) is 21.9. The zero-order chi connectivity index (χ0) is 21.9. The van der Waals surface area contributed by atoms with Crippen molar-refractivity contribution in [3.63, 3.8) is 0 Å². The van der Waals surface area contributed by atoms with E-state index in [1.165, 1.54) is 34.4 Å². The molecule has 0 radical (unpaired) electrons. The largest absolute Gasteiger partial charge is 0.497 e. The number of carbonyl (C=O) groups excluding carboxylic acids is 1. The summed E-state index contributed by atoms with van der Waals surface area (Å²) >= 11 is 0. The van der Waals surface area contributed by atoms with Crippen LogP contribution in [0.2, 0.25) is 0 Å². The number of methoxy groups -OCH3 is 2. The van der Waals surface area contributed by atoms with Crippen molar-refractivity contribution in [1.29, 1.82) is 0 Å². The van der Waals surface area contributed by atoms with Gasteiger partial charge in [0.2, 0.25) is 10.0 Å². The summed E-state index contributed by atoms with van der Waals surface area (Å²) in [6.45, 7) is 0. The highest BCUT2D eigenvalue weighted by molar-refractivity contribution is 7.89. The molecule has 30 heavy (non-hydrogen) atoms. The van der Waals surface area contributed by atoms with E-state index in [2.05, 4.69) is 10.6 Å². The van der Waals surface area contributed by atoms with E-state index in [1.54, 1.807) is 30.3 Å². The van der Waals surface area contributed by atoms with E-state index < -0.39 is 15.9 Å². The Balaban J connectivity index is 1.95. The molecule has 1 fully saturated rings. The summed E-state index contributed by atoms with van der Waals surface area (Å²) in [6, 6.07) is 9.93. The number of amides is 1. The molecule has 0 bridgehead atoms. The zero-order valence-corrected chi connectivity index (χ0v) is 18.4. The SMILES string of the molecule is COc1cc(NC(=O)c2cc(NC3CCC3)cc(S(=O)(=O)N(C)C)c2)cc(OC)c1. The van der Waals surface area contributed by atoms with Gasteiger partial charge >= 0.3 is 0 Å². The molecule has 0 unspecified atom stereocenters. The van der Waals surface area contributed by atoms with E-state index >= 15 is 0 Å². The summed E-state index contributed by atoms with van der Waals surface area (Å²) in [5.74, 6) is 0.625. The van der Waals surface area contributed by atoms with Crippen molar-refractivity contribution >= 4 is 27.3 Å². The van der Waals surface area contributed by atoms with E-state index in [0.717, 1.165) is 23.6 Å². The smallest absolute Gasteiger partial charge is 0.255 e. The van der Waals surface area contributed by atoms with Crippen LogP contribution >= 0.6 is 0 Å². The normalized spacial score (nSPS) is 14.2. The third-order valence-electron chi connectivity index (χ3n) is 5.03. The number of rotatable bonds is 8. The quantitative estimate of drug-likeness (QED) is 0.664. The van der Waals surface area contributed by atoms with Crippen molar-refractivity contribution in [2.75, 3.05) is 38.9 Å². The molecule has 0 spiro atoms. The molecule has 0 aromatic heterocycles. The molecule has 162 valence electrons. The van der Waals surface area contributed by atoms with Gasteiger partial charge in [-0.05, 0) is 37.5 Å². The first-order valence-corrected chi connectivity index (χ1v) is 11.1. The summed E-state index contributed by atoms with van der Waals surface area (Å²) in [5, 5.41) is 6.11. The molecule has 0 aliphatic heterocycles. The van der Waals surface area contributed by atoms with Crippen molar-refractivity contribution in [3.05, 3.63) is 42.0 Å². The number of ether oxygens (including phenoxy) is 2. The minimum absolute atomic E-state index is 0.0604. The first-order valence-electron chi connectivity index (χ1n) is 9.61. The topological polar surface area (TPSA) is 97.0 Å². The van der Waals surface area contributed by atoms with Gasteiger partial charge in [-0.25, -0.2) is 12.7 Å². The lowest BCUT2D eigenvalue weighted by Crippen LogP contribution is -2.28. The van der Waals surface area contributed by atoms with Gasteiger partial charge in [0.25, 0.3) is 5.91 Å². The maximum Gasteiger partial charge on any atom is 0.255 e. The summed E-state index contributed by atoms with van der Waals surface area (Å²) in [5.41, 5.74) is 1.32. The van der Waals surface area contributed by atoms with Crippen LogP contribution in [0.3, 0.4) is 0 Å². The highest BCUT2D eigenvalue weighted by Crippen LogP contribution is 2.29. The number of hydrogen-bond donors (Lipinski definition) is 2. The van der Waals surface area contributed by atoms with Gasteiger partial charge < -0.3 is 20.1 Å². The van der Waals surface area contributed by atoms with E-state index in [4.69, 9.17) is 9.47 Å². The Morgan fingerprint density at radius 3 is 2.10 bits per heavy atom. The Kier molecular flexibility index (Phi) is 6.52. The van der Waals surface area contributed by atoms with Gasteiger partial charge in [0.05, 0.1) is 19.1 Å². The van der Waals surface area contributed by atoms with Crippen LogP contribution in [0.4, 0.5) is 11.4 Å². The Morgan fingerprint density at radius 2 is 1.60 bits per heavy atom. The highest BCUT2D eigenvalue weighted by Gasteiger charge is 2.23. The Bertz CT molecular complexity index is 1010. The third-order valence-corrected chi connectivity index (χ3v) is 6.83. The second-order valence-electron chi connectivity index (χ2n) is 7.36. The molecule has 3 rings (SSSR count). The Labute approximate surface area is 177 Å². The van der Waals surface area contributed by atoms with Gasteiger partial charge in [-0.15, -0.1) is 0 Å². The van der Waals surface area contributed by atoms with Crippen LogP contribution in [-0.2, 0) is 10.0 Å². The van der Waals surface area contributed by atoms with Crippen LogP contribution in [0.1, 0.15) is 29.6 Å². The van der Waals surface area contributed by atoms with Crippen LogP contribution in [0.25, 0.3) is 0 Å². The number of sulfonamides is 1. The fourth-order valence-corrected chi connectivity index (χ4v) is 4.02. The molecule has 1 aliphatic carbocycles. The Hall–Kier alpha value is -2.78. The average molecular weight is 434 g/mol. The maximum absolute atomic E-state index is 13.0. The molecule has 0 saturated heterocycles.